The van der Waals surface area contributed by atoms with E-state index in [9.17, 15) is 4.79 Å². The highest BCUT2D eigenvalue weighted by atomic mass is 32.1. The minimum atomic E-state index is -0.186. The number of furan rings is 1. The summed E-state index contributed by atoms with van der Waals surface area (Å²) in [6.45, 7) is 2.26. The first-order valence-electron chi connectivity index (χ1n) is 11.7. The van der Waals surface area contributed by atoms with E-state index in [4.69, 9.17) is 9.52 Å². The number of aryl methyl sites for hydroxylation is 1. The van der Waals surface area contributed by atoms with E-state index in [1.165, 1.54) is 16.9 Å². The largest absolute Gasteiger partial charge is 0.454 e. The lowest BCUT2D eigenvalue weighted by Crippen LogP contribution is -2.16. The molecule has 7 heteroatoms. The molecule has 3 aromatic heterocycles. The van der Waals surface area contributed by atoms with Crippen LogP contribution in [0.3, 0.4) is 0 Å². The van der Waals surface area contributed by atoms with E-state index < -0.39 is 0 Å². The number of aromatic nitrogens is 2. The molecular weight excluding hydrogens is 456 g/mol. The fraction of sp³-hybridized carbons (Fsp3) is 0.179. The lowest BCUT2D eigenvalue weighted by atomic mass is 9.90. The highest BCUT2D eigenvalue weighted by Gasteiger charge is 2.21. The van der Waals surface area contributed by atoms with Crippen molar-refractivity contribution in [1.29, 1.82) is 0 Å². The molecule has 1 aliphatic rings. The van der Waals surface area contributed by atoms with Crippen LogP contribution in [-0.4, -0.2) is 21.9 Å². The zero-order chi connectivity index (χ0) is 23.8. The maximum atomic E-state index is 12.8. The summed E-state index contributed by atoms with van der Waals surface area (Å²) < 4.78 is 7.86. The minimum absolute atomic E-state index is 0.186. The van der Waals surface area contributed by atoms with Gasteiger partial charge in [0.25, 0.3) is 5.91 Å². The number of nitrogens with zero attached hydrogens (tertiary/aromatic N) is 3. The van der Waals surface area contributed by atoms with Crippen molar-refractivity contribution in [1.82, 2.24) is 15.2 Å². The number of hydrogen-bond donors (Lipinski definition) is 1. The van der Waals surface area contributed by atoms with Gasteiger partial charge in [-0.3, -0.25) is 4.79 Å². The van der Waals surface area contributed by atoms with Crippen LogP contribution in [0.4, 0.5) is 0 Å². The van der Waals surface area contributed by atoms with Crippen molar-refractivity contribution in [3.8, 4) is 17.1 Å². The number of rotatable bonds is 5. The van der Waals surface area contributed by atoms with Gasteiger partial charge in [0.2, 0.25) is 0 Å². The predicted octanol–water partition coefficient (Wildman–Crippen LogP) is 6.24. The van der Waals surface area contributed by atoms with Crippen molar-refractivity contribution in [3.05, 3.63) is 93.8 Å². The van der Waals surface area contributed by atoms with Crippen molar-refractivity contribution in [2.75, 3.05) is 0 Å². The van der Waals surface area contributed by atoms with E-state index in [2.05, 4.69) is 17.5 Å². The van der Waals surface area contributed by atoms with E-state index in [0.717, 1.165) is 35.1 Å². The van der Waals surface area contributed by atoms with Crippen LogP contribution >= 0.6 is 11.3 Å². The molecule has 35 heavy (non-hydrogen) atoms. The molecule has 0 saturated carbocycles. The molecule has 6 rings (SSSR count). The predicted molar refractivity (Wildman–Crippen MR) is 139 cm³/mol. The van der Waals surface area contributed by atoms with E-state index in [1.807, 2.05) is 72.9 Å². The van der Waals surface area contributed by atoms with E-state index in [-0.39, 0.29) is 5.91 Å². The molecule has 0 radical (unpaired) electrons. The third-order valence-corrected chi connectivity index (χ3v) is 7.58. The Morgan fingerprint density at radius 1 is 1.17 bits per heavy atom. The first kappa shape index (κ1) is 21.6. The Bertz CT molecular complexity index is 1510. The quantitative estimate of drug-likeness (QED) is 0.239. The molecule has 1 N–H and O–H groups in total. The molecule has 0 spiro atoms. The zero-order valence-corrected chi connectivity index (χ0v) is 20.1. The number of hydrazone groups is 1. The van der Waals surface area contributed by atoms with Crippen LogP contribution in [-0.2, 0) is 12.8 Å². The van der Waals surface area contributed by atoms with Gasteiger partial charge in [-0.1, -0.05) is 43.3 Å². The topological polar surface area (TPSA) is 72.4 Å². The second-order valence-electron chi connectivity index (χ2n) is 8.97. The second kappa shape index (κ2) is 9.00. The normalized spacial score (nSPS) is 15.5. The number of amides is 1. The molecule has 1 aliphatic carbocycles. The molecule has 0 bridgehead atoms. The Hall–Kier alpha value is -3.97. The third kappa shape index (κ3) is 4.31. The van der Waals surface area contributed by atoms with E-state index in [1.54, 1.807) is 22.2 Å². The van der Waals surface area contributed by atoms with E-state index >= 15 is 0 Å². The number of thiophene rings is 1. The number of fused-ring (bicyclic) bond motifs is 2. The van der Waals surface area contributed by atoms with Crippen LogP contribution in [0.1, 0.15) is 39.0 Å². The number of nitrogens with one attached hydrogen (secondary N) is 1. The van der Waals surface area contributed by atoms with Gasteiger partial charge in [0.05, 0.1) is 16.8 Å². The van der Waals surface area contributed by atoms with Crippen molar-refractivity contribution in [2.45, 2.75) is 26.2 Å². The number of para-hydroxylation sites is 2. The summed E-state index contributed by atoms with van der Waals surface area (Å²) in [5.74, 6) is 1.13. The summed E-state index contributed by atoms with van der Waals surface area (Å²) in [7, 11) is 0. The molecular formula is C28H24N4O2S. The van der Waals surface area contributed by atoms with Gasteiger partial charge >= 0.3 is 0 Å². The van der Waals surface area contributed by atoms with Crippen LogP contribution in [0.25, 0.3) is 28.1 Å². The van der Waals surface area contributed by atoms with Gasteiger partial charge in [-0.2, -0.15) is 10.2 Å². The lowest BCUT2D eigenvalue weighted by Gasteiger charge is -2.16. The third-order valence-electron chi connectivity index (χ3n) is 6.34. The summed E-state index contributed by atoms with van der Waals surface area (Å²) in [5, 5.41) is 10.1. The fourth-order valence-electron chi connectivity index (χ4n) is 4.52. The molecule has 6 nitrogen and oxygen atoms in total. The Morgan fingerprint density at radius 3 is 2.86 bits per heavy atom. The van der Waals surface area contributed by atoms with Crippen molar-refractivity contribution < 1.29 is 9.21 Å². The van der Waals surface area contributed by atoms with Crippen LogP contribution in [0.2, 0.25) is 0 Å². The maximum absolute atomic E-state index is 12.8. The van der Waals surface area contributed by atoms with Gasteiger partial charge in [-0.15, -0.1) is 11.3 Å². The fourth-order valence-corrected chi connectivity index (χ4v) is 5.62. The standard InChI is InChI=1S/C28H24N4O2S/c1-18-11-12-25-20(13-18)15-26(35-25)28(33)30-29-16-21-17-32(22-8-3-2-4-9-22)31-27(21)24-14-19-7-5-6-10-23(19)34-24/h2-10,14-18H,11-13H2,1H3,(H,30,33). The molecule has 0 saturated heterocycles. The molecule has 1 amide bonds. The number of carbonyl (C=O) groups is 1. The molecule has 0 fully saturated rings. The average Bonchev–Trinajstić information content (AvgIpc) is 3.60. The van der Waals surface area contributed by atoms with Crippen molar-refractivity contribution in [3.63, 3.8) is 0 Å². The second-order valence-corrected chi connectivity index (χ2v) is 10.1. The Kier molecular flexibility index (Phi) is 5.54. The molecule has 3 heterocycles. The van der Waals surface area contributed by atoms with Gasteiger partial charge in [-0.25, -0.2) is 10.1 Å². The summed E-state index contributed by atoms with van der Waals surface area (Å²) >= 11 is 1.58. The average molecular weight is 481 g/mol. The number of hydrogen-bond acceptors (Lipinski definition) is 5. The van der Waals surface area contributed by atoms with E-state index in [0.29, 0.717) is 22.2 Å². The van der Waals surface area contributed by atoms with Crippen molar-refractivity contribution >= 4 is 34.4 Å². The molecule has 1 unspecified atom stereocenters. The van der Waals surface area contributed by atoms with Gasteiger partial charge < -0.3 is 4.42 Å². The smallest absolute Gasteiger partial charge is 0.281 e. The van der Waals surface area contributed by atoms with Crippen LogP contribution in [0.5, 0.6) is 0 Å². The SMILES string of the molecule is CC1CCc2sc(C(=O)NN=Cc3cn(-c4ccccc4)nc3-c3cc4ccccc4o3)cc2C1. The van der Waals surface area contributed by atoms with Gasteiger partial charge in [0, 0.05) is 22.0 Å². The lowest BCUT2D eigenvalue weighted by molar-refractivity contribution is 0.0959. The van der Waals surface area contributed by atoms with Crippen molar-refractivity contribution in [2.24, 2.45) is 11.0 Å². The number of carbonyl (C=O) groups excluding carboxylic acids is 1. The van der Waals surface area contributed by atoms with Crippen LogP contribution < -0.4 is 5.43 Å². The zero-order valence-electron chi connectivity index (χ0n) is 19.3. The molecule has 1 atom stereocenters. The number of benzene rings is 2. The summed E-state index contributed by atoms with van der Waals surface area (Å²) in [6.07, 6.45) is 6.79. The highest BCUT2D eigenvalue weighted by Crippen LogP contribution is 2.32. The van der Waals surface area contributed by atoms with Crippen LogP contribution in [0.15, 0.2) is 82.4 Å². The molecule has 2 aromatic carbocycles. The first-order valence-corrected chi connectivity index (χ1v) is 12.5. The monoisotopic (exact) mass is 480 g/mol. The first-order chi connectivity index (χ1) is 17.1. The minimum Gasteiger partial charge on any atom is -0.454 e. The molecule has 5 aromatic rings. The summed E-state index contributed by atoms with van der Waals surface area (Å²) in [6, 6.07) is 21.7. The van der Waals surface area contributed by atoms with Crippen LogP contribution in [0, 0.1) is 5.92 Å². The Labute approximate surface area is 206 Å². The highest BCUT2D eigenvalue weighted by molar-refractivity contribution is 7.14. The molecule has 174 valence electrons. The van der Waals surface area contributed by atoms with Gasteiger partial charge in [-0.05, 0) is 61.1 Å². The maximum Gasteiger partial charge on any atom is 0.281 e. The molecule has 0 aliphatic heterocycles. The van der Waals surface area contributed by atoms with Gasteiger partial charge in [0.15, 0.2) is 5.76 Å². The summed E-state index contributed by atoms with van der Waals surface area (Å²) in [4.78, 5) is 14.8. The Balaban J connectivity index is 1.29. The summed E-state index contributed by atoms with van der Waals surface area (Å²) in [5.41, 5.74) is 7.12. The Morgan fingerprint density at radius 2 is 2.00 bits per heavy atom. The van der Waals surface area contributed by atoms with Gasteiger partial charge in [0.1, 0.15) is 11.3 Å².